The van der Waals surface area contributed by atoms with Crippen molar-refractivity contribution in [2.75, 3.05) is 0 Å². The van der Waals surface area contributed by atoms with Gasteiger partial charge in [0.15, 0.2) is 0 Å². The highest BCUT2D eigenvalue weighted by molar-refractivity contribution is 5.69. The molecule has 4 heteroatoms. The topological polar surface area (TPSA) is 51.4 Å². The van der Waals surface area contributed by atoms with Crippen molar-refractivity contribution in [3.8, 4) is 0 Å². The lowest BCUT2D eigenvalue weighted by Crippen LogP contribution is -2.20. The number of carbonyl (C=O) groups is 1. The van der Waals surface area contributed by atoms with Gasteiger partial charge in [0.1, 0.15) is 0 Å². The van der Waals surface area contributed by atoms with Crippen molar-refractivity contribution in [2.24, 2.45) is 0 Å². The number of hydrogen-bond acceptors (Lipinski definition) is 4. The lowest BCUT2D eigenvalue weighted by atomic mass is 10.0. The van der Waals surface area contributed by atoms with E-state index < -0.39 is 5.97 Å². The number of rotatable bonds is 33. The summed E-state index contributed by atoms with van der Waals surface area (Å²) in [5.74, 6) is -1.23. The first-order chi connectivity index (χ1) is 19.7. The highest BCUT2D eigenvalue weighted by Gasteiger charge is 2.53. The van der Waals surface area contributed by atoms with E-state index in [1.165, 1.54) is 167 Å². The quantitative estimate of drug-likeness (QED) is 0.0343. The van der Waals surface area contributed by atoms with Crippen molar-refractivity contribution in [2.45, 2.75) is 225 Å². The Kier molecular flexibility index (Phi) is 26.7. The van der Waals surface area contributed by atoms with E-state index >= 15 is 0 Å². The van der Waals surface area contributed by atoms with E-state index in [0.717, 1.165) is 25.7 Å². The fourth-order valence-electron chi connectivity index (χ4n) is 5.79. The predicted molar refractivity (Wildman–Crippen MR) is 170 cm³/mol. The first-order valence-electron chi connectivity index (χ1n) is 18.3. The van der Waals surface area contributed by atoms with Crippen LogP contribution in [0.3, 0.4) is 0 Å². The van der Waals surface area contributed by atoms with E-state index in [1.54, 1.807) is 0 Å². The molecule has 0 atom stereocenters. The molecular weight excluding hydrogens is 496 g/mol. The Morgan fingerprint density at radius 3 is 1.00 bits per heavy atom. The maximum atomic E-state index is 12.2. The van der Waals surface area contributed by atoms with Crippen molar-refractivity contribution in [1.82, 2.24) is 0 Å². The Balaban J connectivity index is 1.80. The smallest absolute Gasteiger partial charge is 0.383 e. The molecule has 0 spiro atoms. The molecule has 1 rings (SSSR count). The molecule has 1 heterocycles. The normalized spacial score (nSPS) is 14.1. The summed E-state index contributed by atoms with van der Waals surface area (Å²) in [6.45, 7) is 4.57. The van der Waals surface area contributed by atoms with Crippen LogP contribution in [0.25, 0.3) is 0 Å². The van der Waals surface area contributed by atoms with Gasteiger partial charge in [0, 0.05) is 12.8 Å². The van der Waals surface area contributed by atoms with Gasteiger partial charge in [0.2, 0.25) is 0 Å². The van der Waals surface area contributed by atoms with Crippen LogP contribution in [0.4, 0.5) is 0 Å². The van der Waals surface area contributed by atoms with Gasteiger partial charge in [0.05, 0.1) is 0 Å². The zero-order chi connectivity index (χ0) is 28.8. The fourth-order valence-corrected chi connectivity index (χ4v) is 5.79. The highest BCUT2D eigenvalue weighted by atomic mass is 17.5. The van der Waals surface area contributed by atoms with Crippen LogP contribution in [0.2, 0.25) is 0 Å². The molecular formula is C36H70O4. The molecule has 0 N–H and O–H groups in total. The summed E-state index contributed by atoms with van der Waals surface area (Å²) < 4.78 is 5.50. The van der Waals surface area contributed by atoms with Gasteiger partial charge in [-0.2, -0.15) is 9.78 Å². The van der Waals surface area contributed by atoms with Gasteiger partial charge in [0.25, 0.3) is 0 Å². The van der Waals surface area contributed by atoms with Crippen LogP contribution in [0, 0.1) is 0 Å². The number of carbonyl (C=O) groups excluding carboxylic acids is 1. The number of ether oxygens (including phenoxy) is 1. The Labute approximate surface area is 250 Å². The lowest BCUT2D eigenvalue weighted by molar-refractivity contribution is -0.162. The van der Waals surface area contributed by atoms with Crippen molar-refractivity contribution in [3.05, 3.63) is 0 Å². The lowest BCUT2D eigenvalue weighted by Gasteiger charge is -2.09. The third-order valence-electron chi connectivity index (χ3n) is 8.61. The Hall–Kier alpha value is -0.610. The number of esters is 1. The molecule has 40 heavy (non-hydrogen) atoms. The van der Waals surface area contributed by atoms with Crippen LogP contribution < -0.4 is 0 Å². The van der Waals surface area contributed by atoms with Gasteiger partial charge in [-0.3, -0.25) is 4.79 Å². The second-order valence-corrected chi connectivity index (χ2v) is 12.7. The monoisotopic (exact) mass is 567 g/mol. The van der Waals surface area contributed by atoms with Crippen molar-refractivity contribution < 1.29 is 19.3 Å². The maximum absolute atomic E-state index is 12.2. The minimum atomic E-state index is -1.05. The molecule has 0 unspecified atom stereocenters. The molecule has 1 saturated heterocycles. The zero-order valence-electron chi connectivity index (χ0n) is 27.3. The molecule has 0 aromatic rings. The minimum absolute atomic E-state index is 0.173. The summed E-state index contributed by atoms with van der Waals surface area (Å²) >= 11 is 0. The number of hydrogen-bond donors (Lipinski definition) is 0. The van der Waals surface area contributed by atoms with Crippen LogP contribution in [0.1, 0.15) is 219 Å². The summed E-state index contributed by atoms with van der Waals surface area (Å²) in [4.78, 5) is 22.4. The van der Waals surface area contributed by atoms with E-state index in [4.69, 9.17) is 14.5 Å². The van der Waals surface area contributed by atoms with Crippen LogP contribution in [-0.4, -0.2) is 11.9 Å². The summed E-state index contributed by atoms with van der Waals surface area (Å²) in [6, 6.07) is 0. The second-order valence-electron chi connectivity index (χ2n) is 12.7. The van der Waals surface area contributed by atoms with Gasteiger partial charge < -0.3 is 4.74 Å². The largest absolute Gasteiger partial charge is 0.404 e. The third-order valence-corrected chi connectivity index (χ3v) is 8.61. The maximum Gasteiger partial charge on any atom is 0.383 e. The number of unbranched alkanes of at least 4 members (excludes halogenated alkanes) is 28. The molecule has 1 aliphatic heterocycles. The molecule has 1 fully saturated rings. The van der Waals surface area contributed by atoms with Gasteiger partial charge in [-0.25, -0.2) is 0 Å². The minimum Gasteiger partial charge on any atom is -0.404 e. The standard InChI is InChI=1S/C36H70O4/c1-3-5-7-9-11-13-15-17-19-21-23-25-27-29-31-33-35(37)38-36(39-40-36)34-32-30-28-26-24-22-20-18-16-14-12-10-8-6-4-2/h3-34H2,1-2H3. The fraction of sp³-hybridized carbons (Fsp3) is 0.972. The van der Waals surface area contributed by atoms with E-state index in [1.807, 2.05) is 0 Å². The van der Waals surface area contributed by atoms with Crippen molar-refractivity contribution >= 4 is 5.97 Å². The predicted octanol–water partition coefficient (Wildman–Crippen LogP) is 12.7. The zero-order valence-corrected chi connectivity index (χ0v) is 27.3. The van der Waals surface area contributed by atoms with Gasteiger partial charge in [-0.05, 0) is 12.8 Å². The third kappa shape index (κ3) is 25.1. The highest BCUT2D eigenvalue weighted by Crippen LogP contribution is 2.37. The SMILES string of the molecule is CCCCCCCCCCCCCCCCCC(=O)OC1(CCCCCCCCCCCCCCCCC)OO1. The van der Waals surface area contributed by atoms with Gasteiger partial charge in [-0.1, -0.05) is 194 Å². The Morgan fingerprint density at radius 2 is 0.700 bits per heavy atom. The van der Waals surface area contributed by atoms with E-state index in [2.05, 4.69) is 13.8 Å². The van der Waals surface area contributed by atoms with Gasteiger partial charge in [-0.15, -0.1) is 0 Å². The van der Waals surface area contributed by atoms with Crippen molar-refractivity contribution in [3.63, 3.8) is 0 Å². The average molecular weight is 567 g/mol. The molecule has 0 saturated carbocycles. The summed E-state index contributed by atoms with van der Waals surface area (Å²) in [6.07, 6.45) is 41.2. The Bertz CT molecular complexity index is 531. The second kappa shape index (κ2) is 28.5. The van der Waals surface area contributed by atoms with Crippen LogP contribution in [0.15, 0.2) is 0 Å². The Morgan fingerprint density at radius 1 is 0.425 bits per heavy atom. The molecule has 0 amide bonds. The first kappa shape index (κ1) is 37.4. The summed E-state index contributed by atoms with van der Waals surface area (Å²) in [5.41, 5.74) is 0. The molecule has 0 bridgehead atoms. The average Bonchev–Trinajstić information content (AvgIpc) is 3.72. The molecule has 4 nitrogen and oxygen atoms in total. The van der Waals surface area contributed by atoms with Crippen molar-refractivity contribution in [1.29, 1.82) is 0 Å². The molecule has 0 aromatic carbocycles. The van der Waals surface area contributed by atoms with E-state index in [-0.39, 0.29) is 5.97 Å². The van der Waals surface area contributed by atoms with Crippen LogP contribution in [-0.2, 0) is 19.3 Å². The molecule has 1 aliphatic rings. The molecule has 238 valence electrons. The summed E-state index contributed by atoms with van der Waals surface area (Å²) in [5, 5.41) is 0. The molecule has 0 aliphatic carbocycles. The molecule has 0 radical (unpaired) electrons. The van der Waals surface area contributed by atoms with E-state index in [9.17, 15) is 4.79 Å². The van der Waals surface area contributed by atoms with Crippen LogP contribution >= 0.6 is 0 Å². The van der Waals surface area contributed by atoms with Crippen LogP contribution in [0.5, 0.6) is 0 Å². The summed E-state index contributed by atoms with van der Waals surface area (Å²) in [7, 11) is 0. The van der Waals surface area contributed by atoms with E-state index in [0.29, 0.717) is 12.8 Å². The molecule has 0 aromatic heterocycles. The van der Waals surface area contributed by atoms with Gasteiger partial charge >= 0.3 is 11.9 Å². The first-order valence-corrected chi connectivity index (χ1v) is 18.3.